The van der Waals surface area contributed by atoms with Crippen LogP contribution in [0.1, 0.15) is 17.0 Å². The zero-order chi connectivity index (χ0) is 22.7. The van der Waals surface area contributed by atoms with Crippen LogP contribution in [0.25, 0.3) is 5.82 Å². The Labute approximate surface area is 185 Å². The molecule has 0 aliphatic carbocycles. The van der Waals surface area contributed by atoms with Crippen LogP contribution in [0.3, 0.4) is 0 Å². The van der Waals surface area contributed by atoms with Gasteiger partial charge in [0.2, 0.25) is 5.88 Å². The third-order valence-electron chi connectivity index (χ3n) is 4.75. The minimum absolute atomic E-state index is 0.0722. The number of ether oxygens (including phenoxy) is 1. The van der Waals surface area contributed by atoms with Crippen LogP contribution in [0.2, 0.25) is 0 Å². The number of hydrogen-bond donors (Lipinski definition) is 1. The molecule has 1 N–H and O–H groups in total. The van der Waals surface area contributed by atoms with E-state index >= 15 is 0 Å². The van der Waals surface area contributed by atoms with E-state index in [0.29, 0.717) is 23.1 Å². The molecule has 0 unspecified atom stereocenters. The van der Waals surface area contributed by atoms with Crippen molar-refractivity contribution in [2.45, 2.75) is 18.7 Å². The zero-order valence-corrected chi connectivity index (χ0v) is 18.0. The summed E-state index contributed by atoms with van der Waals surface area (Å²) < 4.78 is 35.2. The Balaban J connectivity index is 1.46. The van der Waals surface area contributed by atoms with Gasteiger partial charge in [-0.2, -0.15) is 5.26 Å². The molecule has 9 nitrogen and oxygen atoms in total. The SMILES string of the molecule is Cc1ncn(-c2ccc(Oc3ccc(NS(=O)(=O)c4ccccc4C#N)cc3)nn2)c1C. The van der Waals surface area contributed by atoms with Crippen molar-refractivity contribution in [2.75, 3.05) is 4.72 Å². The summed E-state index contributed by atoms with van der Waals surface area (Å²) in [6.07, 6.45) is 1.68. The highest BCUT2D eigenvalue weighted by atomic mass is 32.2. The Morgan fingerprint density at radius 2 is 1.75 bits per heavy atom. The average molecular weight is 446 g/mol. The van der Waals surface area contributed by atoms with Crippen LogP contribution in [0.5, 0.6) is 11.6 Å². The van der Waals surface area contributed by atoms with Crippen LogP contribution in [0.4, 0.5) is 5.69 Å². The predicted molar refractivity (Wildman–Crippen MR) is 117 cm³/mol. The van der Waals surface area contributed by atoms with Crippen LogP contribution in [-0.2, 0) is 10.0 Å². The van der Waals surface area contributed by atoms with Crippen molar-refractivity contribution in [2.24, 2.45) is 0 Å². The molecule has 0 amide bonds. The molecule has 2 aromatic heterocycles. The van der Waals surface area contributed by atoms with Gasteiger partial charge in [-0.1, -0.05) is 12.1 Å². The van der Waals surface area contributed by atoms with Crippen molar-refractivity contribution in [3.05, 3.63) is 83.9 Å². The van der Waals surface area contributed by atoms with E-state index in [1.807, 2.05) is 24.5 Å². The van der Waals surface area contributed by atoms with E-state index in [1.54, 1.807) is 54.9 Å². The van der Waals surface area contributed by atoms with Crippen LogP contribution in [0.15, 0.2) is 71.9 Å². The topological polar surface area (TPSA) is 123 Å². The third-order valence-corrected chi connectivity index (χ3v) is 6.19. The van der Waals surface area contributed by atoms with Crippen molar-refractivity contribution in [3.8, 4) is 23.5 Å². The van der Waals surface area contributed by atoms with Crippen molar-refractivity contribution in [1.29, 1.82) is 5.26 Å². The number of rotatable bonds is 6. The Morgan fingerprint density at radius 3 is 2.38 bits per heavy atom. The van der Waals surface area contributed by atoms with E-state index in [0.717, 1.165) is 11.4 Å². The maximum atomic E-state index is 12.6. The normalized spacial score (nSPS) is 11.0. The highest BCUT2D eigenvalue weighted by Gasteiger charge is 2.18. The smallest absolute Gasteiger partial charge is 0.263 e. The lowest BCUT2D eigenvalue weighted by Crippen LogP contribution is -2.14. The highest BCUT2D eigenvalue weighted by Crippen LogP contribution is 2.24. The van der Waals surface area contributed by atoms with Gasteiger partial charge < -0.3 is 4.74 Å². The lowest BCUT2D eigenvalue weighted by Gasteiger charge is -2.10. The molecule has 32 heavy (non-hydrogen) atoms. The fourth-order valence-electron chi connectivity index (χ4n) is 2.94. The minimum Gasteiger partial charge on any atom is -0.438 e. The molecule has 0 atom stereocenters. The summed E-state index contributed by atoms with van der Waals surface area (Å²) in [6, 6.07) is 17.7. The van der Waals surface area contributed by atoms with E-state index in [9.17, 15) is 8.42 Å². The molecular weight excluding hydrogens is 428 g/mol. The number of nitrogens with one attached hydrogen (secondary N) is 1. The summed E-state index contributed by atoms with van der Waals surface area (Å²) in [5, 5.41) is 17.4. The summed E-state index contributed by atoms with van der Waals surface area (Å²) in [5.41, 5.74) is 2.29. The second-order valence-corrected chi connectivity index (χ2v) is 8.51. The molecule has 4 rings (SSSR count). The molecule has 0 saturated carbocycles. The lowest BCUT2D eigenvalue weighted by atomic mass is 10.2. The number of benzene rings is 2. The van der Waals surface area contributed by atoms with Crippen molar-refractivity contribution < 1.29 is 13.2 Å². The first-order valence-corrected chi connectivity index (χ1v) is 11.0. The largest absolute Gasteiger partial charge is 0.438 e. The molecule has 2 heterocycles. The molecule has 0 bridgehead atoms. The second kappa shape index (κ2) is 8.49. The fraction of sp³-hybridized carbons (Fsp3) is 0.0909. The molecule has 0 aliphatic heterocycles. The van der Waals surface area contributed by atoms with Gasteiger partial charge in [-0.05, 0) is 56.3 Å². The predicted octanol–water partition coefficient (Wildman–Crippen LogP) is 3.74. The maximum absolute atomic E-state index is 12.6. The number of imidazole rings is 1. The molecule has 160 valence electrons. The molecule has 0 fully saturated rings. The highest BCUT2D eigenvalue weighted by molar-refractivity contribution is 7.92. The number of anilines is 1. The van der Waals surface area contributed by atoms with Gasteiger partial charge in [-0.25, -0.2) is 13.4 Å². The molecule has 0 spiro atoms. The van der Waals surface area contributed by atoms with Crippen molar-refractivity contribution >= 4 is 15.7 Å². The van der Waals surface area contributed by atoms with Gasteiger partial charge in [0.05, 0.1) is 11.3 Å². The monoisotopic (exact) mass is 446 g/mol. The van der Waals surface area contributed by atoms with E-state index in [4.69, 9.17) is 10.00 Å². The summed E-state index contributed by atoms with van der Waals surface area (Å²) in [5.74, 6) is 1.37. The number of sulfonamides is 1. The number of hydrogen-bond acceptors (Lipinski definition) is 7. The second-order valence-electron chi connectivity index (χ2n) is 6.86. The van der Waals surface area contributed by atoms with Gasteiger partial charge in [0.15, 0.2) is 5.82 Å². The van der Waals surface area contributed by atoms with Gasteiger partial charge in [0.1, 0.15) is 23.0 Å². The van der Waals surface area contributed by atoms with Gasteiger partial charge in [0.25, 0.3) is 10.0 Å². The summed E-state index contributed by atoms with van der Waals surface area (Å²) in [7, 11) is -3.90. The molecule has 10 heteroatoms. The van der Waals surface area contributed by atoms with E-state index < -0.39 is 10.0 Å². The summed E-state index contributed by atoms with van der Waals surface area (Å²) >= 11 is 0. The van der Waals surface area contributed by atoms with Crippen LogP contribution < -0.4 is 9.46 Å². The Hall–Kier alpha value is -4.23. The standard InChI is InChI=1S/C22H18N6O3S/c1-15-16(2)28(14-24-15)21-11-12-22(26-25-21)31-19-9-7-18(8-10-19)27-32(29,30)20-6-4-3-5-17(20)13-23/h3-12,14,27H,1-2H3. The average Bonchev–Trinajstić information content (AvgIpc) is 3.13. The molecule has 0 saturated heterocycles. The number of aryl methyl sites for hydroxylation is 1. The van der Waals surface area contributed by atoms with Crippen LogP contribution in [-0.4, -0.2) is 28.2 Å². The van der Waals surface area contributed by atoms with Gasteiger partial charge >= 0.3 is 0 Å². The lowest BCUT2D eigenvalue weighted by molar-refractivity contribution is 0.454. The Kier molecular flexibility index (Phi) is 5.57. The molecule has 4 aromatic rings. The van der Waals surface area contributed by atoms with Gasteiger partial charge in [-0.15, -0.1) is 10.2 Å². The van der Waals surface area contributed by atoms with E-state index in [2.05, 4.69) is 19.9 Å². The molecule has 0 radical (unpaired) electrons. The number of aromatic nitrogens is 4. The van der Waals surface area contributed by atoms with Gasteiger partial charge in [-0.3, -0.25) is 9.29 Å². The molecule has 2 aromatic carbocycles. The number of nitrogens with zero attached hydrogens (tertiary/aromatic N) is 5. The zero-order valence-electron chi connectivity index (χ0n) is 17.2. The van der Waals surface area contributed by atoms with Crippen LogP contribution in [0, 0.1) is 25.2 Å². The third kappa shape index (κ3) is 4.28. The first-order valence-electron chi connectivity index (χ1n) is 9.52. The molecular formula is C22H18N6O3S. The van der Waals surface area contributed by atoms with Crippen molar-refractivity contribution in [1.82, 2.24) is 19.7 Å². The summed E-state index contributed by atoms with van der Waals surface area (Å²) in [6.45, 7) is 3.87. The molecule has 0 aliphatic rings. The summed E-state index contributed by atoms with van der Waals surface area (Å²) in [4.78, 5) is 4.16. The van der Waals surface area contributed by atoms with Crippen molar-refractivity contribution in [3.63, 3.8) is 0 Å². The quantitative estimate of drug-likeness (QED) is 0.478. The maximum Gasteiger partial charge on any atom is 0.263 e. The Morgan fingerprint density at radius 1 is 1.00 bits per heavy atom. The van der Waals surface area contributed by atoms with E-state index in [-0.39, 0.29) is 10.5 Å². The Bertz CT molecular complexity index is 1410. The van der Waals surface area contributed by atoms with Gasteiger partial charge in [0, 0.05) is 17.4 Å². The van der Waals surface area contributed by atoms with Crippen LogP contribution >= 0.6 is 0 Å². The first-order chi connectivity index (χ1) is 15.4. The minimum atomic E-state index is -3.90. The fourth-order valence-corrected chi connectivity index (χ4v) is 4.16. The number of nitriles is 1. The van der Waals surface area contributed by atoms with E-state index in [1.165, 1.54) is 12.1 Å². The first kappa shape index (κ1) is 21.0.